The fraction of sp³-hybridized carbons (Fsp3) is 0.150. The summed E-state index contributed by atoms with van der Waals surface area (Å²) >= 11 is 6.50. The van der Waals surface area contributed by atoms with Gasteiger partial charge in [-0.05, 0) is 24.6 Å². The van der Waals surface area contributed by atoms with Crippen LogP contribution in [0.4, 0.5) is 5.82 Å². The van der Waals surface area contributed by atoms with Gasteiger partial charge in [-0.25, -0.2) is 24.9 Å². The molecule has 0 radical (unpaired) electrons. The number of aromatic nitrogens is 7. The smallest absolute Gasteiger partial charge is 0.183 e. The number of halogens is 1. The molecule has 10 heteroatoms. The average molecular weight is 422 g/mol. The third-order valence-electron chi connectivity index (χ3n) is 5.05. The Labute approximate surface area is 176 Å². The van der Waals surface area contributed by atoms with Crippen molar-refractivity contribution in [1.29, 1.82) is 0 Å². The zero-order valence-corrected chi connectivity index (χ0v) is 17.0. The first-order chi connectivity index (χ1) is 14.2. The fourth-order valence-corrected chi connectivity index (χ4v) is 3.86. The molecule has 5 rings (SSSR count). The van der Waals surface area contributed by atoms with E-state index in [0.29, 0.717) is 28.0 Å². The molecule has 0 saturated carbocycles. The number of rotatable bonds is 4. The van der Waals surface area contributed by atoms with Crippen molar-refractivity contribution in [2.75, 3.05) is 5.73 Å². The van der Waals surface area contributed by atoms with Gasteiger partial charge in [-0.15, -0.1) is 0 Å². The number of hydrogen-bond donors (Lipinski definition) is 4. The third-order valence-corrected chi connectivity index (χ3v) is 5.37. The maximum atomic E-state index is 6.50. The Hall–Kier alpha value is -3.56. The molecular formula is C20H20ClN9. The zero-order valence-electron chi connectivity index (χ0n) is 16.2. The monoisotopic (exact) mass is 421 g/mol. The van der Waals surface area contributed by atoms with Crippen LogP contribution < -0.4 is 11.9 Å². The summed E-state index contributed by atoms with van der Waals surface area (Å²) in [5.41, 5.74) is 10.9. The maximum Gasteiger partial charge on any atom is 0.183 e. The lowest BCUT2D eigenvalue weighted by Gasteiger charge is -2.16. The third kappa shape index (κ3) is 3.14. The van der Waals surface area contributed by atoms with Crippen LogP contribution in [0.3, 0.4) is 0 Å². The van der Waals surface area contributed by atoms with Gasteiger partial charge in [0, 0.05) is 46.6 Å². The first-order valence-electron chi connectivity index (χ1n) is 9.20. The molecule has 0 aliphatic heterocycles. The van der Waals surface area contributed by atoms with Crippen LogP contribution in [0.5, 0.6) is 0 Å². The van der Waals surface area contributed by atoms with Crippen LogP contribution in [0.2, 0.25) is 5.15 Å². The lowest BCUT2D eigenvalue weighted by atomic mass is 9.94. The van der Waals surface area contributed by atoms with Crippen molar-refractivity contribution in [2.24, 2.45) is 0 Å². The van der Waals surface area contributed by atoms with Crippen molar-refractivity contribution in [3.8, 4) is 11.1 Å². The highest BCUT2D eigenvalue weighted by atomic mass is 35.5. The van der Waals surface area contributed by atoms with Gasteiger partial charge >= 0.3 is 0 Å². The Balaban J connectivity index is 0.00000218. The average Bonchev–Trinajstić information content (AvgIpc) is 3.37. The normalized spacial score (nSPS) is 12.2. The van der Waals surface area contributed by atoms with E-state index < -0.39 is 0 Å². The molecular weight excluding hydrogens is 402 g/mol. The first kappa shape index (κ1) is 19.7. The van der Waals surface area contributed by atoms with E-state index in [9.17, 15) is 0 Å². The molecule has 0 aliphatic carbocycles. The molecule has 1 unspecified atom stereocenters. The highest BCUT2D eigenvalue weighted by molar-refractivity contribution is 6.30. The van der Waals surface area contributed by atoms with Crippen LogP contribution in [0.25, 0.3) is 33.3 Å². The molecule has 0 amide bonds. The number of aromatic amines is 2. The summed E-state index contributed by atoms with van der Waals surface area (Å²) in [4.78, 5) is 28.2. The maximum absolute atomic E-state index is 6.50. The minimum Gasteiger partial charge on any atom is -0.382 e. The number of hydrogen-bond acceptors (Lipinski definition) is 7. The largest absolute Gasteiger partial charge is 0.382 e. The van der Waals surface area contributed by atoms with Crippen molar-refractivity contribution < 1.29 is 0 Å². The number of nitrogens with two attached hydrogens (primary N) is 1. The molecule has 7 N–H and O–H groups in total. The van der Waals surface area contributed by atoms with Gasteiger partial charge in [0.2, 0.25) is 0 Å². The van der Waals surface area contributed by atoms with Crippen LogP contribution in [0, 0.1) is 0 Å². The van der Waals surface area contributed by atoms with E-state index >= 15 is 0 Å². The lowest BCUT2D eigenvalue weighted by Crippen LogP contribution is -2.09. The minimum absolute atomic E-state index is 0. The van der Waals surface area contributed by atoms with Crippen LogP contribution >= 0.6 is 11.6 Å². The predicted octanol–water partition coefficient (Wildman–Crippen LogP) is 4.23. The van der Waals surface area contributed by atoms with Crippen LogP contribution in [-0.4, -0.2) is 34.9 Å². The standard InChI is InChI=1S/C20H17ClN8.H3N/c1-2-11(19-28-17(22)15-20(29-19)27-9-26-15)13-6-10(7-24-16(13)21)14-8-25-18-12(14)4-3-5-23-18;/h3-9,11H,2H2,1H3,(H,23,25)(H3,22,26,27,28,29);1H3. The Morgan fingerprint density at radius 3 is 2.87 bits per heavy atom. The number of nitrogens with one attached hydrogen (secondary N) is 2. The van der Waals surface area contributed by atoms with Gasteiger partial charge in [-0.3, -0.25) is 0 Å². The molecule has 5 aromatic heterocycles. The highest BCUT2D eigenvalue weighted by Crippen LogP contribution is 2.35. The molecule has 0 bridgehead atoms. The van der Waals surface area contributed by atoms with Gasteiger partial charge in [0.25, 0.3) is 0 Å². The summed E-state index contributed by atoms with van der Waals surface area (Å²) in [5.74, 6) is 0.775. The molecule has 152 valence electrons. The van der Waals surface area contributed by atoms with Crippen molar-refractivity contribution in [1.82, 2.24) is 41.0 Å². The SMILES string of the molecule is CCC(c1nc(N)c2[nH]cnc2n1)c1cc(-c2c[nH]c3ncccc23)cnc1Cl.N. The number of fused-ring (bicyclic) bond motifs is 2. The molecule has 0 aromatic carbocycles. The second kappa shape index (κ2) is 7.69. The van der Waals surface area contributed by atoms with Gasteiger partial charge in [-0.1, -0.05) is 18.5 Å². The molecule has 9 nitrogen and oxygen atoms in total. The second-order valence-electron chi connectivity index (χ2n) is 6.73. The zero-order chi connectivity index (χ0) is 20.0. The van der Waals surface area contributed by atoms with Crippen molar-refractivity contribution >= 4 is 39.6 Å². The fourth-order valence-electron chi connectivity index (χ4n) is 3.62. The summed E-state index contributed by atoms with van der Waals surface area (Å²) in [7, 11) is 0. The number of imidazole rings is 1. The molecule has 1 atom stereocenters. The van der Waals surface area contributed by atoms with Crippen molar-refractivity contribution in [3.63, 3.8) is 0 Å². The molecule has 5 aromatic rings. The van der Waals surface area contributed by atoms with E-state index in [4.69, 9.17) is 17.3 Å². The molecule has 0 spiro atoms. The van der Waals surface area contributed by atoms with Gasteiger partial charge < -0.3 is 21.9 Å². The number of H-pyrrole nitrogens is 2. The van der Waals surface area contributed by atoms with Gasteiger partial charge in [0.1, 0.15) is 22.1 Å². The molecule has 30 heavy (non-hydrogen) atoms. The first-order valence-corrected chi connectivity index (χ1v) is 9.58. The Morgan fingerprint density at radius 2 is 2.03 bits per heavy atom. The number of nitrogen functional groups attached to an aromatic ring is 1. The molecule has 0 saturated heterocycles. The van der Waals surface area contributed by atoms with Crippen molar-refractivity contribution in [2.45, 2.75) is 19.3 Å². The predicted molar refractivity (Wildman–Crippen MR) is 118 cm³/mol. The second-order valence-corrected chi connectivity index (χ2v) is 7.09. The van der Waals surface area contributed by atoms with E-state index in [1.807, 2.05) is 24.4 Å². The van der Waals surface area contributed by atoms with Crippen LogP contribution in [0.1, 0.15) is 30.7 Å². The summed E-state index contributed by atoms with van der Waals surface area (Å²) in [5, 5.41) is 1.44. The number of anilines is 1. The van der Waals surface area contributed by atoms with E-state index in [1.54, 1.807) is 18.7 Å². The quantitative estimate of drug-likeness (QED) is 0.316. The van der Waals surface area contributed by atoms with E-state index in [0.717, 1.165) is 34.1 Å². The lowest BCUT2D eigenvalue weighted by molar-refractivity contribution is 0.720. The number of nitrogens with zero attached hydrogens (tertiary/aromatic N) is 5. The number of pyridine rings is 2. The van der Waals surface area contributed by atoms with Gasteiger partial charge in [0.05, 0.1) is 6.33 Å². The van der Waals surface area contributed by atoms with Gasteiger partial charge in [0.15, 0.2) is 11.5 Å². The topological polar surface area (TPSA) is 157 Å². The summed E-state index contributed by atoms with van der Waals surface area (Å²) in [6.07, 6.45) is 7.74. The minimum atomic E-state index is -0.165. The summed E-state index contributed by atoms with van der Waals surface area (Å²) in [6, 6.07) is 5.97. The Morgan fingerprint density at radius 1 is 1.17 bits per heavy atom. The Kier molecular flexibility index (Phi) is 5.06. The van der Waals surface area contributed by atoms with E-state index in [-0.39, 0.29) is 12.1 Å². The van der Waals surface area contributed by atoms with E-state index in [1.165, 1.54) is 0 Å². The summed E-state index contributed by atoms with van der Waals surface area (Å²) < 4.78 is 0. The molecule has 5 heterocycles. The van der Waals surface area contributed by atoms with E-state index in [2.05, 4.69) is 41.8 Å². The Bertz CT molecular complexity index is 1340. The highest BCUT2D eigenvalue weighted by Gasteiger charge is 2.22. The van der Waals surface area contributed by atoms with Crippen LogP contribution in [0.15, 0.2) is 43.1 Å². The summed E-state index contributed by atoms with van der Waals surface area (Å²) in [6.45, 7) is 2.05. The molecule has 0 aliphatic rings. The molecule has 0 fully saturated rings. The van der Waals surface area contributed by atoms with Gasteiger partial charge in [-0.2, -0.15) is 0 Å². The van der Waals surface area contributed by atoms with Crippen molar-refractivity contribution in [3.05, 3.63) is 59.7 Å². The van der Waals surface area contributed by atoms with Crippen LogP contribution in [-0.2, 0) is 0 Å².